The van der Waals surface area contributed by atoms with Crippen molar-refractivity contribution in [2.24, 2.45) is 0 Å². The average molecular weight is 641 g/mol. The van der Waals surface area contributed by atoms with Crippen LogP contribution in [-0.4, -0.2) is 54.3 Å². The van der Waals surface area contributed by atoms with Crippen LogP contribution in [0.1, 0.15) is 25.0 Å². The van der Waals surface area contributed by atoms with Crippen molar-refractivity contribution >= 4 is 93.1 Å². The van der Waals surface area contributed by atoms with Gasteiger partial charge in [-0.05, 0) is 25.0 Å². The number of hydrogen-bond donors (Lipinski definition) is 0. The Bertz CT molecular complexity index is 1290. The molecule has 0 saturated carbocycles. The second-order valence-electron chi connectivity index (χ2n) is 8.81. The number of Topliss-reactive ketones (excluding diaryl/α,β-unsaturated/α-hetero) is 1. The van der Waals surface area contributed by atoms with Gasteiger partial charge in [0.15, 0.2) is 16.9 Å². The van der Waals surface area contributed by atoms with Crippen LogP contribution < -0.4 is 0 Å². The molecule has 0 spiro atoms. The minimum atomic E-state index is -1.94. The third-order valence-electron chi connectivity index (χ3n) is 6.48. The zero-order chi connectivity index (χ0) is 28.1. The van der Waals surface area contributed by atoms with Crippen molar-refractivity contribution in [3.05, 3.63) is 77.4 Å². The third kappa shape index (κ3) is 4.72. The van der Waals surface area contributed by atoms with E-state index in [2.05, 4.69) is 0 Å². The molecule has 1 aliphatic carbocycles. The molecule has 0 aromatic heterocycles. The Kier molecular flexibility index (Phi) is 7.87. The smallest absolute Gasteiger partial charge is 0.430 e. The van der Waals surface area contributed by atoms with Crippen molar-refractivity contribution in [1.82, 2.24) is 10.0 Å². The number of amides is 2. The van der Waals surface area contributed by atoms with E-state index in [0.717, 1.165) is 10.0 Å². The molecule has 4 rings (SSSR count). The fourth-order valence-electron chi connectivity index (χ4n) is 5.17. The summed E-state index contributed by atoms with van der Waals surface area (Å²) in [7, 11) is 0. The van der Waals surface area contributed by atoms with Gasteiger partial charge in [0.2, 0.25) is 7.59 Å². The van der Waals surface area contributed by atoms with E-state index < -0.39 is 49.8 Å². The van der Waals surface area contributed by atoms with E-state index >= 15 is 0 Å². The molecular weight excluding hydrogens is 621 g/mol. The molecule has 1 aliphatic heterocycles. The molecule has 202 valence electrons. The van der Waals surface area contributed by atoms with Gasteiger partial charge in [-0.15, -0.1) is 0 Å². The Labute approximate surface area is 249 Å². The maximum Gasteiger partial charge on any atom is 0.430 e. The Balaban J connectivity index is 1.96. The number of alkyl halides is 6. The SMILES string of the molecule is CC1=C(c2ccccc2)C2(c3ccccc3)N(C(=O)OCC(Cl)(Cl)Cl)N(C(=O)OCC(Cl)(Cl)Cl)C2(C)C1=O. The molecule has 13 heteroatoms. The summed E-state index contributed by atoms with van der Waals surface area (Å²) in [6, 6.07) is 17.8. The van der Waals surface area contributed by atoms with Crippen LogP contribution >= 0.6 is 69.6 Å². The van der Waals surface area contributed by atoms with Crippen molar-refractivity contribution < 1.29 is 23.9 Å². The van der Waals surface area contributed by atoms with Crippen LogP contribution in [0.2, 0.25) is 0 Å². The first-order chi connectivity index (χ1) is 17.7. The van der Waals surface area contributed by atoms with Crippen LogP contribution in [0.15, 0.2) is 66.2 Å². The first-order valence-electron chi connectivity index (χ1n) is 11.1. The number of carbonyl (C=O) groups excluding carboxylic acids is 3. The molecule has 38 heavy (non-hydrogen) atoms. The summed E-state index contributed by atoms with van der Waals surface area (Å²) in [5.41, 5.74) is -1.21. The molecule has 2 unspecified atom stereocenters. The van der Waals surface area contributed by atoms with Crippen LogP contribution in [0, 0.1) is 0 Å². The van der Waals surface area contributed by atoms with Gasteiger partial charge in [0, 0.05) is 11.1 Å². The standard InChI is InChI=1S/C25H20Cl6N2O5/c1-15-18(16-9-5-3-6-10-16)25(17-11-7-4-8-12-17)22(2,19(15)34)32(20(35)37-13-23(26,27)28)33(25)21(36)38-14-24(29,30)31/h3-12H,13-14H2,1-2H3. The summed E-state index contributed by atoms with van der Waals surface area (Å²) in [4.78, 5) is 41.2. The Hall–Kier alpha value is -1.87. The summed E-state index contributed by atoms with van der Waals surface area (Å²) >= 11 is 34.8. The maximum atomic E-state index is 14.0. The van der Waals surface area contributed by atoms with Crippen molar-refractivity contribution in [3.63, 3.8) is 0 Å². The lowest BCUT2D eigenvalue weighted by atomic mass is 9.65. The lowest BCUT2D eigenvalue weighted by Gasteiger charge is -2.66. The van der Waals surface area contributed by atoms with Gasteiger partial charge in [0.1, 0.15) is 13.2 Å². The van der Waals surface area contributed by atoms with Crippen molar-refractivity contribution in [3.8, 4) is 0 Å². The molecule has 1 fully saturated rings. The molecule has 0 bridgehead atoms. The largest absolute Gasteiger partial charge is 0.444 e. The number of rotatable bonds is 4. The Morgan fingerprint density at radius 1 is 0.789 bits per heavy atom. The normalized spacial score (nSPS) is 23.2. The number of ketones is 1. The molecule has 1 saturated heterocycles. The lowest BCUT2D eigenvalue weighted by Crippen LogP contribution is -2.86. The second kappa shape index (κ2) is 10.3. The fourth-order valence-corrected chi connectivity index (χ4v) is 5.50. The highest BCUT2D eigenvalue weighted by atomic mass is 35.6. The molecule has 0 N–H and O–H groups in total. The third-order valence-corrected chi connectivity index (χ3v) is 7.14. The number of carbonyl (C=O) groups is 3. The monoisotopic (exact) mass is 638 g/mol. The van der Waals surface area contributed by atoms with Gasteiger partial charge in [-0.2, -0.15) is 10.0 Å². The molecule has 2 atom stereocenters. The highest BCUT2D eigenvalue weighted by Gasteiger charge is 2.81. The molecule has 2 aromatic rings. The minimum Gasteiger partial charge on any atom is -0.444 e. The van der Waals surface area contributed by atoms with Gasteiger partial charge < -0.3 is 9.47 Å². The highest BCUT2D eigenvalue weighted by molar-refractivity contribution is 6.68. The quantitative estimate of drug-likeness (QED) is 0.329. The molecule has 2 aromatic carbocycles. The zero-order valence-electron chi connectivity index (χ0n) is 19.9. The van der Waals surface area contributed by atoms with E-state index in [1.54, 1.807) is 61.5 Å². The van der Waals surface area contributed by atoms with E-state index in [4.69, 9.17) is 79.1 Å². The Morgan fingerprint density at radius 2 is 1.24 bits per heavy atom. The molecule has 2 amide bonds. The van der Waals surface area contributed by atoms with E-state index in [1.807, 2.05) is 6.07 Å². The second-order valence-corrected chi connectivity index (χ2v) is 13.8. The highest BCUT2D eigenvalue weighted by Crippen LogP contribution is 2.65. The molecule has 0 radical (unpaired) electrons. The van der Waals surface area contributed by atoms with Crippen LogP contribution in [0.4, 0.5) is 9.59 Å². The number of benzene rings is 2. The summed E-state index contributed by atoms with van der Waals surface area (Å²) < 4.78 is 6.65. The number of halogens is 6. The molecule has 7 nitrogen and oxygen atoms in total. The van der Waals surface area contributed by atoms with Gasteiger partial charge in [-0.1, -0.05) is 130 Å². The summed E-state index contributed by atoms with van der Waals surface area (Å²) in [5, 5.41) is 1.86. The minimum absolute atomic E-state index is 0.332. The summed E-state index contributed by atoms with van der Waals surface area (Å²) in [5.74, 6) is -0.420. The fraction of sp³-hybridized carbons (Fsp3) is 0.320. The van der Waals surface area contributed by atoms with Crippen LogP contribution in [0.5, 0.6) is 0 Å². The summed E-state index contributed by atoms with van der Waals surface area (Å²) in [6.07, 6.45) is -2.19. The molecule has 2 aliphatic rings. The van der Waals surface area contributed by atoms with E-state index in [1.165, 1.54) is 6.92 Å². The van der Waals surface area contributed by atoms with E-state index in [0.29, 0.717) is 22.3 Å². The average Bonchev–Trinajstić information content (AvgIpc) is 2.99. The van der Waals surface area contributed by atoms with E-state index in [-0.39, 0.29) is 0 Å². The van der Waals surface area contributed by atoms with Gasteiger partial charge in [-0.25, -0.2) is 9.59 Å². The Morgan fingerprint density at radius 3 is 1.71 bits per heavy atom. The van der Waals surface area contributed by atoms with Gasteiger partial charge in [-0.3, -0.25) is 4.79 Å². The van der Waals surface area contributed by atoms with Crippen molar-refractivity contribution in [2.45, 2.75) is 32.5 Å². The molecular formula is C25H20Cl6N2O5. The van der Waals surface area contributed by atoms with Crippen LogP contribution in [0.3, 0.4) is 0 Å². The summed E-state index contributed by atoms with van der Waals surface area (Å²) in [6.45, 7) is 1.89. The number of ether oxygens (including phenoxy) is 2. The van der Waals surface area contributed by atoms with Crippen molar-refractivity contribution in [2.75, 3.05) is 13.2 Å². The van der Waals surface area contributed by atoms with Crippen LogP contribution in [0.25, 0.3) is 5.57 Å². The number of nitrogens with zero attached hydrogens (tertiary/aromatic N) is 2. The topological polar surface area (TPSA) is 76.2 Å². The van der Waals surface area contributed by atoms with E-state index in [9.17, 15) is 14.4 Å². The van der Waals surface area contributed by atoms with Gasteiger partial charge >= 0.3 is 12.2 Å². The van der Waals surface area contributed by atoms with Crippen LogP contribution in [-0.2, 0) is 19.8 Å². The first kappa shape index (κ1) is 29.1. The first-order valence-corrected chi connectivity index (χ1v) is 13.4. The number of hydrogen-bond acceptors (Lipinski definition) is 5. The van der Waals surface area contributed by atoms with Crippen molar-refractivity contribution in [1.29, 1.82) is 0 Å². The molecule has 1 heterocycles. The van der Waals surface area contributed by atoms with Gasteiger partial charge in [0.05, 0.1) is 0 Å². The number of hydrazine groups is 1. The lowest BCUT2D eigenvalue weighted by molar-refractivity contribution is -0.237. The van der Waals surface area contributed by atoms with Gasteiger partial charge in [0.25, 0.3) is 0 Å². The predicted octanol–water partition coefficient (Wildman–Crippen LogP) is 7.24. The zero-order valence-corrected chi connectivity index (χ0v) is 24.4. The maximum absolute atomic E-state index is 14.0. The predicted molar refractivity (Wildman–Crippen MR) is 148 cm³/mol. The number of fused-ring (bicyclic) bond motifs is 1.